The van der Waals surface area contributed by atoms with Gasteiger partial charge in [-0.25, -0.2) is 9.38 Å². The third kappa shape index (κ3) is 3.03. The Morgan fingerprint density at radius 3 is 2.82 bits per heavy atom. The maximum atomic E-state index is 12.9. The van der Waals surface area contributed by atoms with Gasteiger partial charge in [-0.2, -0.15) is 0 Å². The zero-order valence-electron chi connectivity index (χ0n) is 15.7. The van der Waals surface area contributed by atoms with E-state index < -0.39 is 0 Å². The molecule has 2 aromatic carbocycles. The quantitative estimate of drug-likeness (QED) is 0.393. The molecular weight excluding hydrogens is 376 g/mol. The van der Waals surface area contributed by atoms with Gasteiger partial charge in [-0.1, -0.05) is 36.5 Å². The van der Waals surface area contributed by atoms with E-state index >= 15 is 0 Å². The molecule has 2 aromatic heterocycles. The van der Waals surface area contributed by atoms with E-state index in [1.807, 2.05) is 25.1 Å². The van der Waals surface area contributed by atoms with Crippen LogP contribution in [0.4, 0.5) is 0 Å². The van der Waals surface area contributed by atoms with Crippen molar-refractivity contribution in [3.63, 3.8) is 0 Å². The van der Waals surface area contributed by atoms with E-state index in [-0.39, 0.29) is 17.9 Å². The van der Waals surface area contributed by atoms with E-state index in [4.69, 9.17) is 9.47 Å². The number of carbonyl (C=O) groups excluding carboxylic acids is 1. The number of fused-ring (bicyclic) bond motifs is 3. The van der Waals surface area contributed by atoms with Crippen LogP contribution in [0.5, 0.6) is 11.5 Å². The van der Waals surface area contributed by atoms with Gasteiger partial charge in [-0.3, -0.25) is 9.59 Å². The summed E-state index contributed by atoms with van der Waals surface area (Å²) in [6.07, 6.45) is 2.07. The second kappa shape index (κ2) is 7.09. The number of imidazole rings is 1. The van der Waals surface area contributed by atoms with Gasteiger partial charge in [0.1, 0.15) is 0 Å². The number of para-hydroxylation sites is 1. The van der Waals surface area contributed by atoms with Crippen LogP contribution in [0, 0.1) is 6.92 Å². The van der Waals surface area contributed by atoms with Crippen LogP contribution in [-0.2, 0) is 4.79 Å². The minimum Gasteiger partial charge on any atom is -0.493 e. The van der Waals surface area contributed by atoms with Crippen molar-refractivity contribution in [3.05, 3.63) is 62.4 Å². The van der Waals surface area contributed by atoms with Crippen molar-refractivity contribution < 1.29 is 14.3 Å². The largest absolute Gasteiger partial charge is 0.493 e. The molecule has 6 nitrogen and oxygen atoms in total. The summed E-state index contributed by atoms with van der Waals surface area (Å²) in [5.41, 5.74) is 3.38. The zero-order valence-corrected chi connectivity index (χ0v) is 16.5. The number of benzene rings is 2. The number of rotatable bonds is 4. The van der Waals surface area contributed by atoms with Gasteiger partial charge in [0.05, 0.1) is 22.7 Å². The fraction of sp³-hybridized carbons (Fsp3) is 0.190. The van der Waals surface area contributed by atoms with Crippen molar-refractivity contribution in [3.8, 4) is 11.5 Å². The van der Waals surface area contributed by atoms with Gasteiger partial charge in [-0.15, -0.1) is 0 Å². The Kier molecular flexibility index (Phi) is 4.60. The molecule has 0 fully saturated rings. The van der Waals surface area contributed by atoms with Gasteiger partial charge in [0, 0.05) is 6.42 Å². The molecule has 0 atom stereocenters. The summed E-state index contributed by atoms with van der Waals surface area (Å²) in [6.45, 7) is 3.71. The third-order valence-electron chi connectivity index (χ3n) is 4.47. The summed E-state index contributed by atoms with van der Waals surface area (Å²) < 4.78 is 12.8. The van der Waals surface area contributed by atoms with E-state index in [0.717, 1.165) is 22.2 Å². The van der Waals surface area contributed by atoms with Gasteiger partial charge in [0.15, 0.2) is 16.5 Å². The second-order valence-corrected chi connectivity index (χ2v) is 7.34. The van der Waals surface area contributed by atoms with Crippen LogP contribution in [0.3, 0.4) is 0 Å². The molecule has 0 saturated carbocycles. The summed E-state index contributed by atoms with van der Waals surface area (Å²) >= 11 is 1.34. The molecule has 0 spiro atoms. The number of aryl methyl sites for hydroxylation is 1. The highest BCUT2D eigenvalue weighted by molar-refractivity contribution is 7.15. The van der Waals surface area contributed by atoms with Crippen LogP contribution in [0.2, 0.25) is 0 Å². The van der Waals surface area contributed by atoms with E-state index in [1.54, 1.807) is 35.6 Å². The fourth-order valence-corrected chi connectivity index (χ4v) is 4.01. The summed E-state index contributed by atoms with van der Waals surface area (Å²) in [5, 5.41) is 0. The normalized spacial score (nSPS) is 12.0. The Labute approximate surface area is 164 Å². The molecular formula is C21H18N2O4S. The molecule has 0 N–H and O–H groups in total. The number of carbonyl (C=O) groups is 1. The number of esters is 1. The number of ether oxygens (including phenoxy) is 2. The van der Waals surface area contributed by atoms with Crippen molar-refractivity contribution in [1.82, 2.24) is 9.38 Å². The van der Waals surface area contributed by atoms with Crippen molar-refractivity contribution in [2.75, 3.05) is 7.11 Å². The Morgan fingerprint density at radius 2 is 2.07 bits per heavy atom. The Morgan fingerprint density at radius 1 is 1.25 bits per heavy atom. The van der Waals surface area contributed by atoms with Crippen LogP contribution >= 0.6 is 11.3 Å². The van der Waals surface area contributed by atoms with E-state index in [9.17, 15) is 9.59 Å². The highest BCUT2D eigenvalue weighted by atomic mass is 32.1. The number of hydrogen-bond donors (Lipinski definition) is 0. The van der Waals surface area contributed by atoms with E-state index in [1.165, 1.54) is 18.4 Å². The van der Waals surface area contributed by atoms with Gasteiger partial charge in [0.2, 0.25) is 0 Å². The standard InChI is InChI=1S/C21H18N2O4S/c1-4-18(24)27-15-9-8-13(10-16(15)26-3)11-17-20(25)23-14-7-5-6-12(2)19(14)22-21(23)28-17/h5-11H,4H2,1-3H3/b17-11-. The summed E-state index contributed by atoms with van der Waals surface area (Å²) in [5.74, 6) is 0.459. The first-order valence-corrected chi connectivity index (χ1v) is 9.64. The lowest BCUT2D eigenvalue weighted by molar-refractivity contribution is -0.134. The first-order valence-electron chi connectivity index (χ1n) is 8.83. The lowest BCUT2D eigenvalue weighted by atomic mass is 10.2. The van der Waals surface area contributed by atoms with Crippen molar-refractivity contribution >= 4 is 39.4 Å². The van der Waals surface area contributed by atoms with Crippen LogP contribution in [0.15, 0.2) is 41.2 Å². The van der Waals surface area contributed by atoms with Gasteiger partial charge in [-0.05, 0) is 42.3 Å². The summed E-state index contributed by atoms with van der Waals surface area (Å²) in [7, 11) is 1.51. The van der Waals surface area contributed by atoms with Crippen molar-refractivity contribution in [2.45, 2.75) is 20.3 Å². The maximum absolute atomic E-state index is 12.9. The third-order valence-corrected chi connectivity index (χ3v) is 5.44. The number of methoxy groups -OCH3 is 1. The Bertz CT molecular complexity index is 1320. The first kappa shape index (κ1) is 18.2. The summed E-state index contributed by atoms with van der Waals surface area (Å²) in [6, 6.07) is 11.0. The molecule has 0 amide bonds. The van der Waals surface area contributed by atoms with Crippen molar-refractivity contribution in [2.24, 2.45) is 0 Å². The van der Waals surface area contributed by atoms with Crippen LogP contribution in [-0.4, -0.2) is 22.5 Å². The molecule has 7 heteroatoms. The van der Waals surface area contributed by atoms with Gasteiger partial charge < -0.3 is 9.47 Å². The maximum Gasteiger partial charge on any atom is 0.311 e. The minimum atomic E-state index is -0.335. The van der Waals surface area contributed by atoms with E-state index in [2.05, 4.69) is 4.98 Å². The molecule has 0 aliphatic carbocycles. The molecule has 0 aliphatic rings. The molecule has 2 heterocycles. The summed E-state index contributed by atoms with van der Waals surface area (Å²) in [4.78, 5) is 29.7. The molecule has 0 aliphatic heterocycles. The minimum absolute atomic E-state index is 0.103. The first-order chi connectivity index (χ1) is 13.5. The van der Waals surface area contributed by atoms with E-state index in [0.29, 0.717) is 21.0 Å². The lowest BCUT2D eigenvalue weighted by Gasteiger charge is -2.09. The Balaban J connectivity index is 1.82. The van der Waals surface area contributed by atoms with Crippen LogP contribution < -0.4 is 19.6 Å². The average Bonchev–Trinajstić information content (AvgIpc) is 3.20. The molecule has 142 valence electrons. The zero-order chi connectivity index (χ0) is 19.8. The molecule has 0 unspecified atom stereocenters. The van der Waals surface area contributed by atoms with Crippen LogP contribution in [0.25, 0.3) is 22.1 Å². The Hall–Kier alpha value is -3.19. The van der Waals surface area contributed by atoms with Gasteiger partial charge >= 0.3 is 5.97 Å². The molecule has 0 saturated heterocycles. The molecule has 28 heavy (non-hydrogen) atoms. The average molecular weight is 394 g/mol. The van der Waals surface area contributed by atoms with Crippen LogP contribution in [0.1, 0.15) is 24.5 Å². The smallest absolute Gasteiger partial charge is 0.311 e. The predicted molar refractivity (Wildman–Crippen MR) is 109 cm³/mol. The van der Waals surface area contributed by atoms with Gasteiger partial charge in [0.25, 0.3) is 5.56 Å². The fourth-order valence-electron chi connectivity index (χ4n) is 3.03. The van der Waals surface area contributed by atoms with Crippen molar-refractivity contribution in [1.29, 1.82) is 0 Å². The second-order valence-electron chi connectivity index (χ2n) is 6.33. The number of aromatic nitrogens is 2. The monoisotopic (exact) mass is 394 g/mol. The molecule has 0 radical (unpaired) electrons. The molecule has 4 rings (SSSR count). The predicted octanol–water partition coefficient (Wildman–Crippen LogP) is 3.09. The molecule has 4 aromatic rings. The number of nitrogens with zero attached hydrogens (tertiary/aromatic N) is 2. The lowest BCUT2D eigenvalue weighted by Crippen LogP contribution is -2.22. The topological polar surface area (TPSA) is 69.9 Å². The molecule has 0 bridgehead atoms. The number of hydrogen-bond acceptors (Lipinski definition) is 6. The SMILES string of the molecule is CCC(=O)Oc1ccc(/C=c2\sc3nc4c(C)cccc4n3c2=O)cc1OC. The number of thiazole rings is 1. The highest BCUT2D eigenvalue weighted by Crippen LogP contribution is 2.28. The highest BCUT2D eigenvalue weighted by Gasteiger charge is 2.13.